The molecule has 0 saturated carbocycles. The average molecular weight is 471 g/mol. The van der Waals surface area contributed by atoms with E-state index in [1.807, 2.05) is 6.92 Å². The van der Waals surface area contributed by atoms with Gasteiger partial charge in [0.05, 0.1) is 33.8 Å². The number of aryl methyl sites for hydroxylation is 2. The number of carbonyl (C=O) groups is 3. The van der Waals surface area contributed by atoms with Crippen LogP contribution in [0.4, 0.5) is 4.79 Å². The maximum absolute atomic E-state index is 13.5. The van der Waals surface area contributed by atoms with Crippen molar-refractivity contribution in [1.82, 2.24) is 19.8 Å². The smallest absolute Gasteiger partial charge is 0.409 e. The Balaban J connectivity index is 1.67. The SMILES string of the molecule is CCOC(=O)N1CCC(N2C(=O)C(O)=C(C(=O)c3sc(C)nc3C)C2c2cccnc2)CC1. The van der Waals surface area contributed by atoms with E-state index in [4.69, 9.17) is 4.74 Å². The molecule has 9 nitrogen and oxygen atoms in total. The molecule has 1 saturated heterocycles. The Morgan fingerprint density at radius 2 is 2.00 bits per heavy atom. The highest BCUT2D eigenvalue weighted by Gasteiger charge is 2.48. The van der Waals surface area contributed by atoms with Crippen LogP contribution in [-0.4, -0.2) is 68.4 Å². The summed E-state index contributed by atoms with van der Waals surface area (Å²) in [6, 6.07) is 2.51. The highest BCUT2D eigenvalue weighted by Crippen LogP contribution is 2.42. The molecule has 0 aliphatic carbocycles. The first-order valence-electron chi connectivity index (χ1n) is 10.9. The lowest BCUT2D eigenvalue weighted by atomic mass is 9.94. The first kappa shape index (κ1) is 22.9. The van der Waals surface area contributed by atoms with Crippen LogP contribution in [0.5, 0.6) is 0 Å². The molecular weight excluding hydrogens is 444 g/mol. The fourth-order valence-corrected chi connectivity index (χ4v) is 5.38. The largest absolute Gasteiger partial charge is 0.503 e. The molecule has 4 rings (SSSR count). The summed E-state index contributed by atoms with van der Waals surface area (Å²) >= 11 is 1.25. The van der Waals surface area contributed by atoms with Crippen LogP contribution in [0.3, 0.4) is 0 Å². The number of ether oxygens (including phenoxy) is 1. The molecule has 1 atom stereocenters. The molecule has 0 aromatic carbocycles. The number of rotatable bonds is 5. The second kappa shape index (κ2) is 9.30. The normalized spacial score (nSPS) is 19.4. The van der Waals surface area contributed by atoms with Gasteiger partial charge in [0.15, 0.2) is 5.76 Å². The van der Waals surface area contributed by atoms with Crippen molar-refractivity contribution in [3.8, 4) is 0 Å². The van der Waals surface area contributed by atoms with E-state index >= 15 is 0 Å². The standard InChI is InChI=1S/C23H26N4O5S/c1-4-32-23(31)26-10-7-16(8-11-26)27-18(15-6-5-9-24-12-15)17(20(29)22(27)30)19(28)21-13(2)25-14(3)33-21/h5-6,9,12,16,18,29H,4,7-8,10-11H2,1-3H3. The van der Waals surface area contributed by atoms with E-state index in [1.54, 1.807) is 48.2 Å². The number of nitrogens with zero attached hydrogens (tertiary/aromatic N) is 4. The number of thiazole rings is 1. The third kappa shape index (κ3) is 4.22. The van der Waals surface area contributed by atoms with Gasteiger partial charge in [0, 0.05) is 31.5 Å². The Labute approximate surface area is 195 Å². The number of carbonyl (C=O) groups excluding carboxylic acids is 3. The number of aromatic nitrogens is 2. The van der Waals surface area contributed by atoms with E-state index in [2.05, 4.69) is 9.97 Å². The topological polar surface area (TPSA) is 113 Å². The predicted molar refractivity (Wildman–Crippen MR) is 121 cm³/mol. The minimum atomic E-state index is -0.764. The zero-order valence-electron chi connectivity index (χ0n) is 18.8. The summed E-state index contributed by atoms with van der Waals surface area (Å²) in [5, 5.41) is 11.6. The van der Waals surface area contributed by atoms with Crippen LogP contribution in [0.2, 0.25) is 0 Å². The van der Waals surface area contributed by atoms with Crippen molar-refractivity contribution in [3.05, 3.63) is 57.0 Å². The van der Waals surface area contributed by atoms with Gasteiger partial charge in [-0.2, -0.15) is 0 Å². The zero-order valence-corrected chi connectivity index (χ0v) is 19.6. The summed E-state index contributed by atoms with van der Waals surface area (Å²) in [5.74, 6) is -1.52. The molecule has 2 aliphatic rings. The van der Waals surface area contributed by atoms with Crippen molar-refractivity contribution in [3.63, 3.8) is 0 Å². The van der Waals surface area contributed by atoms with Gasteiger partial charge < -0.3 is 19.6 Å². The molecule has 33 heavy (non-hydrogen) atoms. The lowest BCUT2D eigenvalue weighted by Crippen LogP contribution is -2.48. The highest BCUT2D eigenvalue weighted by atomic mass is 32.1. The monoisotopic (exact) mass is 470 g/mol. The fourth-order valence-electron chi connectivity index (χ4n) is 4.50. The molecule has 1 fully saturated rings. The third-order valence-corrected chi connectivity index (χ3v) is 7.05. The molecule has 0 bridgehead atoms. The van der Waals surface area contributed by atoms with E-state index in [-0.39, 0.29) is 17.7 Å². The summed E-state index contributed by atoms with van der Waals surface area (Å²) in [4.78, 5) is 51.0. The van der Waals surface area contributed by atoms with Crippen molar-refractivity contribution in [2.75, 3.05) is 19.7 Å². The summed E-state index contributed by atoms with van der Waals surface area (Å²) < 4.78 is 5.08. The van der Waals surface area contributed by atoms with Crippen LogP contribution < -0.4 is 0 Å². The van der Waals surface area contributed by atoms with Crippen molar-refractivity contribution in [2.45, 2.75) is 45.7 Å². The van der Waals surface area contributed by atoms with Crippen LogP contribution in [0.15, 0.2) is 35.9 Å². The van der Waals surface area contributed by atoms with E-state index in [0.717, 1.165) is 5.01 Å². The van der Waals surface area contributed by atoms with Crippen LogP contribution >= 0.6 is 11.3 Å². The molecule has 2 amide bonds. The number of aliphatic hydroxyl groups excluding tert-OH is 1. The van der Waals surface area contributed by atoms with Gasteiger partial charge in [0.25, 0.3) is 5.91 Å². The van der Waals surface area contributed by atoms with Crippen molar-refractivity contribution in [1.29, 1.82) is 0 Å². The summed E-state index contributed by atoms with van der Waals surface area (Å²) in [6.45, 7) is 6.45. The Morgan fingerprint density at radius 1 is 1.27 bits per heavy atom. The minimum absolute atomic E-state index is 0.0487. The predicted octanol–water partition coefficient (Wildman–Crippen LogP) is 3.35. The van der Waals surface area contributed by atoms with Gasteiger partial charge in [-0.05, 0) is 45.2 Å². The maximum atomic E-state index is 13.5. The molecular formula is C23H26N4O5S. The number of Topliss-reactive ketones (excluding diaryl/α,β-unsaturated/α-hetero) is 1. The van der Waals surface area contributed by atoms with E-state index in [0.29, 0.717) is 48.7 Å². The van der Waals surface area contributed by atoms with Gasteiger partial charge in [-0.3, -0.25) is 14.6 Å². The highest BCUT2D eigenvalue weighted by molar-refractivity contribution is 7.14. The number of hydrogen-bond donors (Lipinski definition) is 1. The fraction of sp³-hybridized carbons (Fsp3) is 0.435. The summed E-state index contributed by atoms with van der Waals surface area (Å²) in [6.07, 6.45) is 3.86. The molecule has 4 heterocycles. The first-order valence-corrected chi connectivity index (χ1v) is 11.7. The molecule has 174 valence electrons. The number of likely N-dealkylation sites (tertiary alicyclic amines) is 1. The molecule has 2 aromatic heterocycles. The molecule has 2 aliphatic heterocycles. The van der Waals surface area contributed by atoms with Crippen molar-refractivity contribution >= 4 is 29.1 Å². The van der Waals surface area contributed by atoms with E-state index < -0.39 is 23.5 Å². The molecule has 1 N–H and O–H groups in total. The summed E-state index contributed by atoms with van der Waals surface area (Å²) in [5.41, 5.74) is 1.26. The summed E-state index contributed by atoms with van der Waals surface area (Å²) in [7, 11) is 0. The van der Waals surface area contributed by atoms with E-state index in [9.17, 15) is 19.5 Å². The van der Waals surface area contributed by atoms with Gasteiger partial charge in [-0.15, -0.1) is 11.3 Å². The maximum Gasteiger partial charge on any atom is 0.409 e. The van der Waals surface area contributed by atoms with Crippen LogP contribution in [0.25, 0.3) is 0 Å². The second-order valence-corrected chi connectivity index (χ2v) is 9.26. The number of ketones is 1. The van der Waals surface area contributed by atoms with Gasteiger partial charge in [0.1, 0.15) is 0 Å². The average Bonchev–Trinajstić information content (AvgIpc) is 3.29. The number of aliphatic hydroxyl groups is 1. The van der Waals surface area contributed by atoms with E-state index in [1.165, 1.54) is 11.3 Å². The minimum Gasteiger partial charge on any atom is -0.503 e. The molecule has 10 heteroatoms. The Morgan fingerprint density at radius 3 is 2.58 bits per heavy atom. The van der Waals surface area contributed by atoms with Gasteiger partial charge in [-0.1, -0.05) is 6.07 Å². The zero-order chi connectivity index (χ0) is 23.7. The Hall–Kier alpha value is -3.27. The first-order chi connectivity index (χ1) is 15.8. The number of piperidine rings is 1. The van der Waals surface area contributed by atoms with Crippen LogP contribution in [0.1, 0.15) is 51.7 Å². The molecule has 0 radical (unpaired) electrons. The quantitative estimate of drug-likeness (QED) is 0.667. The van der Waals surface area contributed by atoms with Gasteiger partial charge in [-0.25, -0.2) is 9.78 Å². The van der Waals surface area contributed by atoms with Crippen molar-refractivity contribution in [2.24, 2.45) is 0 Å². The number of pyridine rings is 1. The van der Waals surface area contributed by atoms with Gasteiger partial charge >= 0.3 is 6.09 Å². The lowest BCUT2D eigenvalue weighted by Gasteiger charge is -2.39. The Kier molecular flexibility index (Phi) is 6.46. The molecule has 1 unspecified atom stereocenters. The number of amides is 2. The lowest BCUT2D eigenvalue weighted by molar-refractivity contribution is -0.132. The van der Waals surface area contributed by atoms with Crippen LogP contribution in [0, 0.1) is 13.8 Å². The second-order valence-electron chi connectivity index (χ2n) is 8.06. The van der Waals surface area contributed by atoms with Crippen molar-refractivity contribution < 1.29 is 24.2 Å². The molecule has 2 aromatic rings. The Bertz CT molecular complexity index is 1110. The number of hydrogen-bond acceptors (Lipinski definition) is 8. The van der Waals surface area contributed by atoms with Gasteiger partial charge in [0.2, 0.25) is 5.78 Å². The molecule has 0 spiro atoms. The van der Waals surface area contributed by atoms with Crippen LogP contribution in [-0.2, 0) is 9.53 Å². The third-order valence-electron chi connectivity index (χ3n) is 5.98.